The van der Waals surface area contributed by atoms with Crippen molar-refractivity contribution >= 4 is 5.91 Å². The minimum Gasteiger partial charge on any atom is -0.393 e. The lowest BCUT2D eigenvalue weighted by Gasteiger charge is -2.35. The maximum Gasteiger partial charge on any atom is 0.226 e. The molecule has 0 aliphatic carbocycles. The van der Waals surface area contributed by atoms with Crippen LogP contribution < -0.4 is 0 Å². The quantitative estimate of drug-likeness (QED) is 0.709. The van der Waals surface area contributed by atoms with Crippen molar-refractivity contribution in [3.05, 3.63) is 78.2 Å². The first-order valence-electron chi connectivity index (χ1n) is 10.8. The molecule has 5 heteroatoms. The van der Waals surface area contributed by atoms with Crippen LogP contribution in [0, 0.1) is 5.92 Å². The number of fused-ring (bicyclic) bond motifs is 3. The highest BCUT2D eigenvalue weighted by atomic mass is 16.3. The summed E-state index contributed by atoms with van der Waals surface area (Å²) >= 11 is 0. The van der Waals surface area contributed by atoms with E-state index in [0.29, 0.717) is 12.8 Å². The fraction of sp³-hybridized carbons (Fsp3) is 0.360. The van der Waals surface area contributed by atoms with Crippen LogP contribution in [0.15, 0.2) is 67.1 Å². The summed E-state index contributed by atoms with van der Waals surface area (Å²) in [5, 5.41) is 11.0. The Bertz CT molecular complexity index is 1020. The molecule has 0 unspecified atom stereocenters. The van der Waals surface area contributed by atoms with Gasteiger partial charge in [0.05, 0.1) is 36.8 Å². The van der Waals surface area contributed by atoms with Gasteiger partial charge in [-0.2, -0.15) is 0 Å². The SMILES string of the molecule is O=C(Cc1ccccc1)N1CCC([C@@H](O)C[C@@H]2c3ccccc3-c3cncn32)CC1. The van der Waals surface area contributed by atoms with E-state index in [-0.39, 0.29) is 24.0 Å². The summed E-state index contributed by atoms with van der Waals surface area (Å²) < 4.78 is 2.19. The predicted octanol–water partition coefficient (Wildman–Crippen LogP) is 3.69. The lowest BCUT2D eigenvalue weighted by Crippen LogP contribution is -2.42. The Balaban J connectivity index is 1.20. The first kappa shape index (κ1) is 19.1. The number of likely N-dealkylation sites (tertiary alicyclic amines) is 1. The number of benzene rings is 2. The lowest BCUT2D eigenvalue weighted by molar-refractivity contribution is -0.132. The molecule has 1 aromatic heterocycles. The smallest absolute Gasteiger partial charge is 0.226 e. The van der Waals surface area contributed by atoms with Crippen molar-refractivity contribution in [3.8, 4) is 11.3 Å². The van der Waals surface area contributed by atoms with E-state index in [1.165, 1.54) is 11.1 Å². The molecule has 2 aliphatic heterocycles. The van der Waals surface area contributed by atoms with Gasteiger partial charge in [-0.1, -0.05) is 54.6 Å². The van der Waals surface area contributed by atoms with Crippen LogP contribution in [0.4, 0.5) is 0 Å². The lowest BCUT2D eigenvalue weighted by atomic mass is 9.86. The Labute approximate surface area is 177 Å². The first-order chi connectivity index (χ1) is 14.7. The van der Waals surface area contributed by atoms with Gasteiger partial charge in [-0.05, 0) is 36.3 Å². The van der Waals surface area contributed by atoms with E-state index in [4.69, 9.17) is 0 Å². The molecule has 0 radical (unpaired) electrons. The number of hydrogen-bond donors (Lipinski definition) is 1. The topological polar surface area (TPSA) is 58.4 Å². The number of aliphatic hydroxyl groups is 1. The standard InChI is InChI=1S/C25H27N3O2/c29-24(15-22-20-8-4-5-9-21(20)23-16-26-17-28(22)23)19-10-12-27(13-11-19)25(30)14-18-6-2-1-3-7-18/h1-9,16-17,19,22,24,29H,10-15H2/t22-,24+/m1/s1. The summed E-state index contributed by atoms with van der Waals surface area (Å²) in [6.45, 7) is 1.45. The molecule has 1 saturated heterocycles. The normalized spacial score (nSPS) is 19.4. The zero-order chi connectivity index (χ0) is 20.5. The Kier molecular flexibility index (Phi) is 5.13. The molecule has 2 atom stereocenters. The van der Waals surface area contributed by atoms with Crippen molar-refractivity contribution in [2.75, 3.05) is 13.1 Å². The van der Waals surface area contributed by atoms with Crippen molar-refractivity contribution in [2.24, 2.45) is 5.92 Å². The van der Waals surface area contributed by atoms with Crippen LogP contribution in [0.25, 0.3) is 11.3 Å². The van der Waals surface area contributed by atoms with Gasteiger partial charge in [0, 0.05) is 18.7 Å². The minimum atomic E-state index is -0.386. The average molecular weight is 402 g/mol. The third kappa shape index (κ3) is 3.54. The maximum absolute atomic E-state index is 12.6. The number of aliphatic hydroxyl groups excluding tert-OH is 1. The van der Waals surface area contributed by atoms with E-state index in [1.807, 2.05) is 47.8 Å². The highest BCUT2D eigenvalue weighted by Gasteiger charge is 2.33. The summed E-state index contributed by atoms with van der Waals surface area (Å²) in [6.07, 6.45) is 6.24. The molecule has 3 aromatic rings. The average Bonchev–Trinajstić information content (AvgIpc) is 3.37. The Hall–Kier alpha value is -2.92. The van der Waals surface area contributed by atoms with Crippen LogP contribution in [-0.2, 0) is 11.2 Å². The monoisotopic (exact) mass is 401 g/mol. The molecule has 1 N–H and O–H groups in total. The van der Waals surface area contributed by atoms with Gasteiger partial charge in [-0.3, -0.25) is 4.79 Å². The van der Waals surface area contributed by atoms with Gasteiger partial charge in [-0.15, -0.1) is 0 Å². The molecule has 0 saturated carbocycles. The summed E-state index contributed by atoms with van der Waals surface area (Å²) in [4.78, 5) is 18.9. The fourth-order valence-electron chi connectivity index (χ4n) is 5.01. The molecule has 30 heavy (non-hydrogen) atoms. The Morgan fingerprint density at radius 3 is 2.60 bits per heavy atom. The molecule has 1 fully saturated rings. The second-order valence-electron chi connectivity index (χ2n) is 8.47. The van der Waals surface area contributed by atoms with Crippen LogP contribution in [-0.4, -0.2) is 44.7 Å². The molecule has 5 rings (SSSR count). The zero-order valence-electron chi connectivity index (χ0n) is 17.0. The number of nitrogens with zero attached hydrogens (tertiary/aromatic N) is 3. The first-order valence-corrected chi connectivity index (χ1v) is 10.8. The minimum absolute atomic E-state index is 0.131. The Morgan fingerprint density at radius 2 is 1.80 bits per heavy atom. The van der Waals surface area contributed by atoms with Gasteiger partial charge in [0.2, 0.25) is 5.91 Å². The largest absolute Gasteiger partial charge is 0.393 e. The van der Waals surface area contributed by atoms with Crippen LogP contribution in [0.2, 0.25) is 0 Å². The fourth-order valence-corrected chi connectivity index (χ4v) is 5.01. The summed E-state index contributed by atoms with van der Waals surface area (Å²) in [6, 6.07) is 18.4. The van der Waals surface area contributed by atoms with Gasteiger partial charge in [0.25, 0.3) is 0 Å². The molecule has 0 spiro atoms. The van der Waals surface area contributed by atoms with Gasteiger partial charge < -0.3 is 14.6 Å². The third-order valence-corrected chi connectivity index (χ3v) is 6.70. The molecule has 3 heterocycles. The van der Waals surface area contributed by atoms with Crippen molar-refractivity contribution in [3.63, 3.8) is 0 Å². The van der Waals surface area contributed by atoms with E-state index < -0.39 is 0 Å². The van der Waals surface area contributed by atoms with Crippen LogP contribution in [0.3, 0.4) is 0 Å². The van der Waals surface area contributed by atoms with Crippen molar-refractivity contribution in [1.29, 1.82) is 0 Å². The highest BCUT2D eigenvalue weighted by Crippen LogP contribution is 2.42. The number of amides is 1. The zero-order valence-corrected chi connectivity index (χ0v) is 17.0. The number of carbonyl (C=O) groups is 1. The summed E-state index contributed by atoms with van der Waals surface area (Å²) in [5.41, 5.74) is 4.67. The van der Waals surface area contributed by atoms with Crippen LogP contribution >= 0.6 is 0 Å². The molecular formula is C25H27N3O2. The number of imidazole rings is 1. The van der Waals surface area contributed by atoms with Gasteiger partial charge >= 0.3 is 0 Å². The second-order valence-corrected chi connectivity index (χ2v) is 8.47. The molecule has 2 aromatic carbocycles. The predicted molar refractivity (Wildman–Crippen MR) is 116 cm³/mol. The summed E-state index contributed by atoms with van der Waals surface area (Å²) in [5.74, 6) is 0.410. The van der Waals surface area contributed by atoms with Crippen molar-refractivity contribution < 1.29 is 9.90 Å². The molecule has 0 bridgehead atoms. The molecule has 5 nitrogen and oxygen atoms in total. The van der Waals surface area contributed by atoms with Crippen LogP contribution in [0.1, 0.15) is 36.4 Å². The highest BCUT2D eigenvalue weighted by molar-refractivity contribution is 5.78. The second kappa shape index (κ2) is 8.07. The molecule has 154 valence electrons. The van der Waals surface area contributed by atoms with E-state index >= 15 is 0 Å². The molecular weight excluding hydrogens is 374 g/mol. The van der Waals surface area contributed by atoms with Gasteiger partial charge in [0.1, 0.15) is 0 Å². The summed E-state index contributed by atoms with van der Waals surface area (Å²) in [7, 11) is 0. The van der Waals surface area contributed by atoms with E-state index in [1.54, 1.807) is 0 Å². The number of carbonyl (C=O) groups excluding carboxylic acids is 1. The number of aromatic nitrogens is 2. The van der Waals surface area contributed by atoms with Crippen molar-refractivity contribution in [2.45, 2.75) is 37.8 Å². The Morgan fingerprint density at radius 1 is 1.07 bits per heavy atom. The van der Waals surface area contributed by atoms with Crippen LogP contribution in [0.5, 0.6) is 0 Å². The van der Waals surface area contributed by atoms with Crippen molar-refractivity contribution in [1.82, 2.24) is 14.5 Å². The van der Waals surface area contributed by atoms with Gasteiger partial charge in [0.15, 0.2) is 0 Å². The van der Waals surface area contributed by atoms with Gasteiger partial charge in [-0.25, -0.2) is 4.98 Å². The molecule has 1 amide bonds. The van der Waals surface area contributed by atoms with E-state index in [0.717, 1.165) is 37.2 Å². The third-order valence-electron chi connectivity index (χ3n) is 6.70. The molecule has 2 aliphatic rings. The number of rotatable bonds is 5. The van der Waals surface area contributed by atoms with E-state index in [9.17, 15) is 9.90 Å². The number of piperidine rings is 1. The number of hydrogen-bond acceptors (Lipinski definition) is 3. The van der Waals surface area contributed by atoms with E-state index in [2.05, 4.69) is 33.8 Å². The maximum atomic E-state index is 12.6.